The predicted octanol–water partition coefficient (Wildman–Crippen LogP) is 3.33. The number of aromatic nitrogens is 2. The Morgan fingerprint density at radius 1 is 0.971 bits per heavy atom. The molecule has 1 saturated carbocycles. The summed E-state index contributed by atoms with van der Waals surface area (Å²) < 4.78 is 5.81. The van der Waals surface area contributed by atoms with Crippen molar-refractivity contribution in [1.82, 2.24) is 14.9 Å². The number of fused-ring (bicyclic) bond motifs is 3. The zero-order chi connectivity index (χ0) is 22.9. The molecule has 2 fully saturated rings. The molecule has 0 N–H and O–H groups in total. The molecule has 170 valence electrons. The number of hydrogen-bond acceptors (Lipinski definition) is 6. The van der Waals surface area contributed by atoms with Crippen LogP contribution in [-0.4, -0.2) is 39.8 Å². The fourth-order valence-corrected chi connectivity index (χ4v) is 5.91. The van der Waals surface area contributed by atoms with E-state index in [1.807, 2.05) is 23.2 Å². The summed E-state index contributed by atoms with van der Waals surface area (Å²) in [4.78, 5) is 39.0. The van der Waals surface area contributed by atoms with Crippen molar-refractivity contribution < 1.29 is 14.3 Å². The number of ether oxygens (including phenoxy) is 1. The summed E-state index contributed by atoms with van der Waals surface area (Å²) in [5.41, 5.74) is 3.78. The molecular weight excluding hydrogens is 428 g/mol. The average Bonchev–Trinajstić information content (AvgIpc) is 3.26. The largest absolute Gasteiger partial charge is 0.449 e. The molecule has 0 unspecified atom stereocenters. The second-order valence-corrected chi connectivity index (χ2v) is 9.89. The lowest BCUT2D eigenvalue weighted by Crippen LogP contribution is -2.40. The monoisotopic (exact) mass is 452 g/mol. The van der Waals surface area contributed by atoms with Gasteiger partial charge in [-0.2, -0.15) is 0 Å². The predicted molar refractivity (Wildman–Crippen MR) is 124 cm³/mol. The van der Waals surface area contributed by atoms with Crippen molar-refractivity contribution in [3.05, 3.63) is 88.9 Å². The van der Waals surface area contributed by atoms with Crippen LogP contribution in [0.5, 0.6) is 0 Å². The van der Waals surface area contributed by atoms with Gasteiger partial charge in [0.25, 0.3) is 0 Å². The maximum absolute atomic E-state index is 13.7. The van der Waals surface area contributed by atoms with Crippen molar-refractivity contribution >= 4 is 17.7 Å². The van der Waals surface area contributed by atoms with Crippen LogP contribution in [0.4, 0.5) is 5.82 Å². The van der Waals surface area contributed by atoms with Gasteiger partial charge in [-0.15, -0.1) is 0 Å². The number of nitrogens with zero attached hydrogens (tertiary/aromatic N) is 4. The van der Waals surface area contributed by atoms with Crippen molar-refractivity contribution in [2.75, 3.05) is 18.0 Å². The van der Waals surface area contributed by atoms with E-state index in [2.05, 4.69) is 40.2 Å². The van der Waals surface area contributed by atoms with Crippen LogP contribution in [0.15, 0.2) is 61.1 Å². The third-order valence-electron chi connectivity index (χ3n) is 7.96. The van der Waals surface area contributed by atoms with E-state index in [1.165, 1.54) is 11.1 Å². The Morgan fingerprint density at radius 2 is 1.76 bits per heavy atom. The van der Waals surface area contributed by atoms with Gasteiger partial charge in [0.05, 0.1) is 17.5 Å². The number of carbonyl (C=O) groups excluding carboxylic acids is 2. The van der Waals surface area contributed by atoms with Gasteiger partial charge in [0, 0.05) is 50.2 Å². The highest BCUT2D eigenvalue weighted by Gasteiger charge is 2.58. The van der Waals surface area contributed by atoms with Crippen molar-refractivity contribution in [3.63, 3.8) is 0 Å². The number of anilines is 1. The van der Waals surface area contributed by atoms with E-state index < -0.39 is 11.0 Å². The summed E-state index contributed by atoms with van der Waals surface area (Å²) in [6, 6.07) is 14.4. The number of amides is 1. The van der Waals surface area contributed by atoms with E-state index in [9.17, 15) is 9.59 Å². The highest BCUT2D eigenvalue weighted by atomic mass is 16.6. The summed E-state index contributed by atoms with van der Waals surface area (Å²) in [6.07, 6.45) is 7.39. The van der Waals surface area contributed by atoms with Crippen molar-refractivity contribution in [2.24, 2.45) is 0 Å². The van der Waals surface area contributed by atoms with Gasteiger partial charge in [-0.05, 0) is 41.7 Å². The first-order valence-corrected chi connectivity index (χ1v) is 11.8. The quantitative estimate of drug-likeness (QED) is 0.568. The van der Waals surface area contributed by atoms with Crippen molar-refractivity contribution in [3.8, 4) is 0 Å². The van der Waals surface area contributed by atoms with E-state index in [1.54, 1.807) is 12.4 Å². The van der Waals surface area contributed by atoms with Gasteiger partial charge in [-0.1, -0.05) is 30.3 Å². The Morgan fingerprint density at radius 3 is 2.47 bits per heavy atom. The molecule has 1 aliphatic carbocycles. The van der Waals surface area contributed by atoms with Crippen molar-refractivity contribution in [2.45, 2.75) is 43.4 Å². The second kappa shape index (κ2) is 6.88. The van der Waals surface area contributed by atoms with Crippen LogP contribution < -0.4 is 4.90 Å². The molecule has 3 aliphatic heterocycles. The highest BCUT2D eigenvalue weighted by molar-refractivity contribution is 5.95. The summed E-state index contributed by atoms with van der Waals surface area (Å²) in [5.74, 6) is 0.708. The van der Waals surface area contributed by atoms with E-state index in [4.69, 9.17) is 9.72 Å². The van der Waals surface area contributed by atoms with Crippen LogP contribution >= 0.6 is 0 Å². The van der Waals surface area contributed by atoms with Crippen molar-refractivity contribution in [1.29, 1.82) is 0 Å². The summed E-state index contributed by atoms with van der Waals surface area (Å²) in [7, 11) is 0. The van der Waals surface area contributed by atoms with E-state index in [0.717, 1.165) is 42.9 Å². The Bertz CT molecular complexity index is 1310. The number of likely N-dealkylation sites (tertiary alicyclic amines) is 1. The molecule has 4 aliphatic rings. The number of hydrogen-bond donors (Lipinski definition) is 0. The molecule has 2 aromatic heterocycles. The zero-order valence-electron chi connectivity index (χ0n) is 18.7. The number of benzene rings is 1. The maximum Gasteiger partial charge on any atom is 0.341 e. The first-order chi connectivity index (χ1) is 16.6. The highest BCUT2D eigenvalue weighted by Crippen LogP contribution is 2.52. The number of pyridine rings is 2. The Hall–Kier alpha value is -3.74. The van der Waals surface area contributed by atoms with Crippen LogP contribution in [0.25, 0.3) is 0 Å². The lowest BCUT2D eigenvalue weighted by Gasteiger charge is -2.27. The Labute approximate surface area is 197 Å². The number of esters is 1. The van der Waals surface area contributed by atoms with Crippen LogP contribution in [0.3, 0.4) is 0 Å². The minimum atomic E-state index is -0.742. The molecule has 1 amide bonds. The fraction of sp³-hybridized carbons (Fsp3) is 0.333. The lowest BCUT2D eigenvalue weighted by molar-refractivity contribution is -0.134. The smallest absolute Gasteiger partial charge is 0.341 e. The molecular formula is C27H24N4O3. The normalized spacial score (nSPS) is 23.7. The second-order valence-electron chi connectivity index (χ2n) is 9.89. The van der Waals surface area contributed by atoms with Crippen LogP contribution in [0.1, 0.15) is 51.9 Å². The maximum atomic E-state index is 13.7. The first kappa shape index (κ1) is 19.7. The van der Waals surface area contributed by atoms with Crippen LogP contribution in [0, 0.1) is 0 Å². The Kier molecular flexibility index (Phi) is 3.99. The van der Waals surface area contributed by atoms with Gasteiger partial charge < -0.3 is 14.5 Å². The average molecular weight is 453 g/mol. The molecule has 7 heteroatoms. The number of carbonyl (C=O) groups is 2. The summed E-state index contributed by atoms with van der Waals surface area (Å²) >= 11 is 0. The van der Waals surface area contributed by atoms with Gasteiger partial charge in [0.1, 0.15) is 5.82 Å². The SMILES string of the molecule is O=C1O[C@]2(CCN(C(=O)C3(c4ccc(N5Cc6ccccc6C5)nc4)CC3)C2)c2ccncc21. The molecule has 7 rings (SSSR count). The minimum Gasteiger partial charge on any atom is -0.449 e. The molecule has 1 atom stereocenters. The zero-order valence-corrected chi connectivity index (χ0v) is 18.7. The molecule has 1 aromatic carbocycles. The van der Waals surface area contributed by atoms with E-state index >= 15 is 0 Å². The van der Waals surface area contributed by atoms with E-state index in [-0.39, 0.29) is 11.9 Å². The molecule has 1 saturated heterocycles. The number of rotatable bonds is 3. The van der Waals surface area contributed by atoms with Gasteiger partial charge >= 0.3 is 5.97 Å². The molecule has 0 bridgehead atoms. The molecule has 1 spiro atoms. The van der Waals surface area contributed by atoms with Gasteiger partial charge in [0.15, 0.2) is 5.60 Å². The Balaban J connectivity index is 1.10. The lowest BCUT2D eigenvalue weighted by atomic mass is 9.92. The molecule has 5 heterocycles. The summed E-state index contributed by atoms with van der Waals surface area (Å²) in [5, 5.41) is 0. The summed E-state index contributed by atoms with van der Waals surface area (Å²) in [6.45, 7) is 2.69. The topological polar surface area (TPSA) is 75.6 Å². The van der Waals surface area contributed by atoms with E-state index in [0.29, 0.717) is 25.1 Å². The molecule has 7 nitrogen and oxygen atoms in total. The van der Waals surface area contributed by atoms with Crippen LogP contribution in [-0.2, 0) is 33.6 Å². The molecule has 34 heavy (non-hydrogen) atoms. The van der Waals surface area contributed by atoms with Crippen LogP contribution in [0.2, 0.25) is 0 Å². The first-order valence-electron chi connectivity index (χ1n) is 11.8. The third kappa shape index (κ3) is 2.76. The van der Waals surface area contributed by atoms with Gasteiger partial charge in [-0.25, -0.2) is 9.78 Å². The minimum absolute atomic E-state index is 0.117. The standard InChI is InChI=1S/C27H24N4O3/c32-24-21-14-28-11-7-22(21)27(34-24)10-12-30(17-27)25(33)26(8-9-26)20-5-6-23(29-13-20)31-15-18-3-1-2-4-19(18)16-31/h1-7,11,13-14H,8-10,12,15-17H2/t27-/m0/s1. The third-order valence-corrected chi connectivity index (χ3v) is 7.96. The molecule has 0 radical (unpaired) electrons. The molecule has 3 aromatic rings. The fourth-order valence-electron chi connectivity index (χ4n) is 5.91. The van der Waals surface area contributed by atoms with Gasteiger partial charge in [-0.3, -0.25) is 9.78 Å². The van der Waals surface area contributed by atoms with Gasteiger partial charge in [0.2, 0.25) is 5.91 Å².